The molecule has 0 amide bonds. The Morgan fingerprint density at radius 1 is 1.32 bits per heavy atom. The number of nitrogens with zero attached hydrogens (tertiary/aromatic N) is 2. The number of pyridine rings is 1. The van der Waals surface area contributed by atoms with E-state index in [4.69, 9.17) is 10.7 Å². The quantitative estimate of drug-likeness (QED) is 0.586. The number of thioether (sulfide) groups is 1. The van der Waals surface area contributed by atoms with Crippen LogP contribution >= 0.6 is 11.8 Å². The lowest BCUT2D eigenvalue weighted by molar-refractivity contribution is 0.0742. The minimum atomic E-state index is -1.06. The molecule has 4 nitrogen and oxygen atoms in total. The van der Waals surface area contributed by atoms with Gasteiger partial charge in [0.15, 0.2) is 0 Å². The van der Waals surface area contributed by atoms with Gasteiger partial charge in [0, 0.05) is 22.7 Å². The fourth-order valence-corrected chi connectivity index (χ4v) is 3.81. The van der Waals surface area contributed by atoms with Crippen LogP contribution in [0.15, 0.2) is 53.2 Å². The van der Waals surface area contributed by atoms with Gasteiger partial charge in [-0.15, -0.1) is 11.8 Å². The average Bonchev–Trinajstić information content (AvgIpc) is 2.92. The first-order valence-corrected chi connectivity index (χ1v) is 10.4. The summed E-state index contributed by atoms with van der Waals surface area (Å²) in [5.41, 5.74) is 9.48. The van der Waals surface area contributed by atoms with E-state index >= 15 is 0 Å². The van der Waals surface area contributed by atoms with Gasteiger partial charge in [-0.2, -0.15) is 0 Å². The van der Waals surface area contributed by atoms with Gasteiger partial charge < -0.3 is 15.4 Å². The lowest BCUT2D eigenvalue weighted by Gasteiger charge is -2.16. The first-order valence-electron chi connectivity index (χ1n) is 9.18. The van der Waals surface area contributed by atoms with Crippen molar-refractivity contribution in [3.8, 4) is 11.1 Å². The second-order valence-corrected chi connectivity index (χ2v) is 8.17. The number of halogens is 1. The second kappa shape index (κ2) is 8.07. The Balaban J connectivity index is 2.30. The van der Waals surface area contributed by atoms with Crippen LogP contribution in [-0.2, 0) is 12.1 Å². The smallest absolute Gasteiger partial charge is 0.117 e. The van der Waals surface area contributed by atoms with Gasteiger partial charge >= 0.3 is 0 Å². The van der Waals surface area contributed by atoms with Crippen LogP contribution in [0.3, 0.4) is 0 Å². The minimum Gasteiger partial charge on any atom is -0.384 e. The molecule has 28 heavy (non-hydrogen) atoms. The monoisotopic (exact) mass is 399 g/mol. The maximum atomic E-state index is 14.3. The highest BCUT2D eigenvalue weighted by atomic mass is 32.2. The summed E-state index contributed by atoms with van der Waals surface area (Å²) in [6.45, 7) is 5.66. The van der Waals surface area contributed by atoms with E-state index in [2.05, 4.69) is 12.1 Å². The van der Waals surface area contributed by atoms with E-state index < -0.39 is 5.60 Å². The van der Waals surface area contributed by atoms with Crippen LogP contribution in [0.2, 0.25) is 0 Å². The van der Waals surface area contributed by atoms with Crippen molar-refractivity contribution in [3.05, 3.63) is 59.7 Å². The Morgan fingerprint density at radius 3 is 2.71 bits per heavy atom. The molecule has 3 rings (SSSR count). The Kier molecular flexibility index (Phi) is 5.93. The van der Waals surface area contributed by atoms with Crippen molar-refractivity contribution >= 4 is 22.8 Å². The number of benzene rings is 1. The number of nitrogens with two attached hydrogens (primary N) is 1. The van der Waals surface area contributed by atoms with Gasteiger partial charge in [0.05, 0.1) is 23.3 Å². The number of rotatable bonds is 6. The lowest BCUT2D eigenvalue weighted by Crippen LogP contribution is -2.17. The molecule has 0 spiro atoms. The largest absolute Gasteiger partial charge is 0.384 e. The van der Waals surface area contributed by atoms with Gasteiger partial charge in [0.1, 0.15) is 11.4 Å². The molecule has 2 aromatic heterocycles. The van der Waals surface area contributed by atoms with Crippen molar-refractivity contribution in [1.82, 2.24) is 9.55 Å². The Morgan fingerprint density at radius 2 is 2.07 bits per heavy atom. The predicted octanol–water partition coefficient (Wildman–Crippen LogP) is 4.77. The van der Waals surface area contributed by atoms with Crippen molar-refractivity contribution < 1.29 is 9.50 Å². The summed E-state index contributed by atoms with van der Waals surface area (Å²) in [5, 5.41) is 10.4. The van der Waals surface area contributed by atoms with E-state index in [-0.39, 0.29) is 18.9 Å². The SMILES string of the molecule is CSc1cccc(-c2c(C)n(C/C(F)=C/CN)c3ccc(C(C)(C)O)nc23)c1. The molecule has 0 aliphatic carbocycles. The molecule has 3 aromatic rings. The fraction of sp³-hybridized carbons (Fsp3) is 0.318. The van der Waals surface area contributed by atoms with Crippen molar-refractivity contribution in [3.63, 3.8) is 0 Å². The summed E-state index contributed by atoms with van der Waals surface area (Å²) in [6, 6.07) is 11.9. The third-order valence-corrected chi connectivity index (χ3v) is 5.53. The van der Waals surface area contributed by atoms with Crippen molar-refractivity contribution in [1.29, 1.82) is 0 Å². The summed E-state index contributed by atoms with van der Waals surface area (Å²) < 4.78 is 16.2. The number of hydrogen-bond acceptors (Lipinski definition) is 4. The number of fused-ring (bicyclic) bond motifs is 1. The Bertz CT molecular complexity index is 1030. The van der Waals surface area contributed by atoms with Crippen LogP contribution in [0.25, 0.3) is 22.2 Å². The molecule has 0 unspecified atom stereocenters. The molecule has 0 atom stereocenters. The topological polar surface area (TPSA) is 64.1 Å². The van der Waals surface area contributed by atoms with E-state index in [1.165, 1.54) is 6.08 Å². The molecule has 0 fully saturated rings. The van der Waals surface area contributed by atoms with Crippen LogP contribution in [0.4, 0.5) is 4.39 Å². The molecular weight excluding hydrogens is 373 g/mol. The van der Waals surface area contributed by atoms with Crippen molar-refractivity contribution in [2.24, 2.45) is 5.73 Å². The lowest BCUT2D eigenvalue weighted by atomic mass is 10.0. The molecular formula is C22H26FN3OS. The molecule has 0 bridgehead atoms. The molecule has 3 N–H and O–H groups in total. The molecule has 148 valence electrons. The molecule has 6 heteroatoms. The summed E-state index contributed by atoms with van der Waals surface area (Å²) in [6.07, 6.45) is 3.42. The molecule has 1 aromatic carbocycles. The first kappa shape index (κ1) is 20.6. The normalized spacial score (nSPS) is 12.8. The fourth-order valence-electron chi connectivity index (χ4n) is 3.35. The standard InChI is InChI=1S/C22H26FN3OS/c1-14-20(15-6-5-7-17(12-15)28-4)21-18(26(14)13-16(23)10-11-24)8-9-19(25-21)22(2,3)27/h5-10,12,27H,11,13,24H2,1-4H3/b16-10-. The van der Waals surface area contributed by atoms with Crippen LogP contribution in [0, 0.1) is 6.92 Å². The second-order valence-electron chi connectivity index (χ2n) is 7.29. The van der Waals surface area contributed by atoms with E-state index in [9.17, 15) is 9.50 Å². The zero-order valence-electron chi connectivity index (χ0n) is 16.7. The zero-order chi connectivity index (χ0) is 20.5. The van der Waals surface area contributed by atoms with Gasteiger partial charge in [0.25, 0.3) is 0 Å². The Labute approximate surface area is 169 Å². The minimum absolute atomic E-state index is 0.102. The van der Waals surface area contributed by atoms with Gasteiger partial charge in [-0.05, 0) is 62.9 Å². The summed E-state index contributed by atoms with van der Waals surface area (Å²) in [4.78, 5) is 5.91. The zero-order valence-corrected chi connectivity index (χ0v) is 17.5. The molecule has 0 saturated carbocycles. The van der Waals surface area contributed by atoms with Crippen LogP contribution < -0.4 is 5.73 Å². The summed E-state index contributed by atoms with van der Waals surface area (Å²) in [5.74, 6) is -0.279. The van der Waals surface area contributed by atoms with Gasteiger partial charge in [-0.25, -0.2) is 9.37 Å². The van der Waals surface area contributed by atoms with E-state index in [0.717, 1.165) is 32.7 Å². The van der Waals surface area contributed by atoms with Gasteiger partial charge in [-0.1, -0.05) is 12.1 Å². The maximum absolute atomic E-state index is 14.3. The summed E-state index contributed by atoms with van der Waals surface area (Å²) >= 11 is 1.67. The number of allylic oxidation sites excluding steroid dienone is 1. The number of aromatic nitrogens is 2. The van der Waals surface area contributed by atoms with Gasteiger partial charge in [-0.3, -0.25) is 0 Å². The van der Waals surface area contributed by atoms with Crippen LogP contribution in [0.5, 0.6) is 0 Å². The molecule has 0 radical (unpaired) electrons. The highest BCUT2D eigenvalue weighted by Gasteiger charge is 2.23. The third kappa shape index (κ3) is 3.99. The number of hydrogen-bond donors (Lipinski definition) is 2. The van der Waals surface area contributed by atoms with Crippen molar-refractivity contribution in [2.75, 3.05) is 12.8 Å². The first-order chi connectivity index (χ1) is 13.3. The van der Waals surface area contributed by atoms with Gasteiger partial charge in [0.2, 0.25) is 0 Å². The van der Waals surface area contributed by atoms with E-state index in [1.807, 2.05) is 35.9 Å². The third-order valence-electron chi connectivity index (χ3n) is 4.80. The number of aliphatic hydroxyl groups is 1. The molecule has 2 heterocycles. The van der Waals surface area contributed by atoms with E-state index in [0.29, 0.717) is 5.69 Å². The van der Waals surface area contributed by atoms with E-state index in [1.54, 1.807) is 31.7 Å². The van der Waals surface area contributed by atoms with Crippen molar-refractivity contribution in [2.45, 2.75) is 37.8 Å². The summed E-state index contributed by atoms with van der Waals surface area (Å²) in [7, 11) is 0. The highest BCUT2D eigenvalue weighted by Crippen LogP contribution is 2.36. The predicted molar refractivity (Wildman–Crippen MR) is 115 cm³/mol. The van der Waals surface area contributed by atoms with Crippen LogP contribution in [-0.4, -0.2) is 27.5 Å². The maximum Gasteiger partial charge on any atom is 0.117 e. The highest BCUT2D eigenvalue weighted by molar-refractivity contribution is 7.98. The Hall–Kier alpha value is -2.15. The molecule has 0 aliphatic heterocycles. The van der Waals surface area contributed by atoms with Crippen LogP contribution in [0.1, 0.15) is 25.2 Å². The molecule has 0 saturated heterocycles. The average molecular weight is 400 g/mol. The molecule has 0 aliphatic rings.